The van der Waals surface area contributed by atoms with Crippen molar-refractivity contribution in [3.8, 4) is 0 Å². The third-order valence-corrected chi connectivity index (χ3v) is 12.6. The molecule has 6 aromatic carbocycles. The van der Waals surface area contributed by atoms with Gasteiger partial charge in [0.15, 0.2) is 0 Å². The van der Waals surface area contributed by atoms with E-state index < -0.39 is 41.0 Å². The quantitative estimate of drug-likeness (QED) is 0.0446. The smallest absolute Gasteiger partial charge is 0.296 e. The van der Waals surface area contributed by atoms with Crippen molar-refractivity contribution in [2.24, 2.45) is 40.9 Å². The van der Waals surface area contributed by atoms with Gasteiger partial charge in [-0.1, -0.05) is 49.4 Å². The minimum atomic E-state index is -4.70. The molecule has 7 rings (SSSR count). The van der Waals surface area contributed by atoms with Crippen molar-refractivity contribution in [2.75, 3.05) is 23.7 Å². The number of azo groups is 4. The number of benzene rings is 6. The minimum absolute atomic E-state index is 0.105. The Morgan fingerprint density at radius 3 is 1.34 bits per heavy atom. The average Bonchev–Trinajstić information content (AvgIpc) is 3.34. The summed E-state index contributed by atoms with van der Waals surface area (Å²) in [5.74, 6) is 0.815. The molecule has 0 aliphatic rings. The second-order valence-electron chi connectivity index (χ2n) is 15.5. The van der Waals surface area contributed by atoms with Gasteiger partial charge in [0.1, 0.15) is 22.2 Å². The molecule has 0 aliphatic carbocycles. The third kappa shape index (κ3) is 15.9. The molecule has 1 aromatic heterocycles. The maximum atomic E-state index is 12.3. The fourth-order valence-corrected chi connectivity index (χ4v) is 8.19. The van der Waals surface area contributed by atoms with Gasteiger partial charge in [0.25, 0.3) is 30.4 Å². The van der Waals surface area contributed by atoms with E-state index in [1.165, 1.54) is 36.4 Å². The van der Waals surface area contributed by atoms with Gasteiger partial charge >= 0.3 is 0 Å². The first-order valence-electron chi connectivity index (χ1n) is 21.6. The Kier molecular flexibility index (Phi) is 16.7. The standard InChI is InChI=1S/C47H44N12O9S3/c1-2-27-59(28-6-29-69(60,61)62)47-49-45(30-33-9-13-36(14-10-33)52-53-38-17-19-39(20-18-38)54-55-40-21-24-42(25-22-40)70(63,64)65)48-46(50-47)31-34-11-15-37(16-12-34)56-58-43-26-23-41(32-44(43)71(66,67)68)57-51-35-7-4-3-5-8-35/h3-5,7-26,32H,2,6,27-31H2,1H3,(H,60,61,62)(H,63,64,65)(H,66,67,68). The van der Waals surface area contributed by atoms with Crippen LogP contribution in [0.5, 0.6) is 0 Å². The van der Waals surface area contributed by atoms with Gasteiger partial charge in [0, 0.05) is 25.9 Å². The Hall–Kier alpha value is -7.74. The third-order valence-electron chi connectivity index (χ3n) is 10.00. The normalized spacial score (nSPS) is 12.5. The van der Waals surface area contributed by atoms with Crippen LogP contribution < -0.4 is 4.90 Å². The predicted octanol–water partition coefficient (Wildman–Crippen LogP) is 11.7. The lowest BCUT2D eigenvalue weighted by Crippen LogP contribution is -2.29. The fourth-order valence-electron chi connectivity index (χ4n) is 6.58. The van der Waals surface area contributed by atoms with Gasteiger partial charge in [-0.3, -0.25) is 13.7 Å². The molecule has 71 heavy (non-hydrogen) atoms. The Morgan fingerprint density at radius 1 is 0.465 bits per heavy atom. The molecular formula is C47H44N12O9S3. The SMILES string of the molecule is CCCN(CCCS(=O)(=O)O)c1nc(Cc2ccc(N=Nc3ccc(N=Nc4ccc(S(=O)(=O)O)cc4)cc3)cc2)nc(Cc2ccc(N=Nc3ccc(N=Nc4ccccc4)cc3S(=O)(=O)O)cc2)n1. The van der Waals surface area contributed by atoms with Crippen LogP contribution >= 0.6 is 0 Å². The van der Waals surface area contributed by atoms with E-state index in [2.05, 4.69) is 40.9 Å². The van der Waals surface area contributed by atoms with Crippen LogP contribution in [0.2, 0.25) is 0 Å². The summed E-state index contributed by atoms with van der Waals surface area (Å²) in [7, 11) is -13.2. The van der Waals surface area contributed by atoms with Gasteiger partial charge in [-0.25, -0.2) is 4.98 Å². The topological polar surface area (TPSA) is 304 Å². The van der Waals surface area contributed by atoms with Gasteiger partial charge in [-0.15, -0.1) is 5.11 Å². The van der Waals surface area contributed by atoms with Crippen LogP contribution in [0.4, 0.5) is 51.4 Å². The molecule has 0 amide bonds. The summed E-state index contributed by atoms with van der Waals surface area (Å²) in [5.41, 5.74) is 4.74. The molecule has 1 heterocycles. The molecule has 0 radical (unpaired) electrons. The van der Waals surface area contributed by atoms with E-state index in [9.17, 15) is 34.4 Å². The Balaban J connectivity index is 1.04. The van der Waals surface area contributed by atoms with Crippen molar-refractivity contribution in [1.29, 1.82) is 0 Å². The zero-order valence-corrected chi connectivity index (χ0v) is 40.1. The highest BCUT2D eigenvalue weighted by Gasteiger charge is 2.18. The summed E-state index contributed by atoms with van der Waals surface area (Å²) in [5, 5.41) is 33.3. The molecule has 7 aromatic rings. The highest BCUT2D eigenvalue weighted by Crippen LogP contribution is 2.32. The first kappa shape index (κ1) is 51.1. The molecule has 0 aliphatic heterocycles. The van der Waals surface area contributed by atoms with E-state index in [0.29, 0.717) is 71.1 Å². The molecule has 0 fully saturated rings. The monoisotopic (exact) mass is 1020 g/mol. The second kappa shape index (κ2) is 23.2. The van der Waals surface area contributed by atoms with E-state index in [0.717, 1.165) is 17.2 Å². The number of rotatable bonds is 21. The van der Waals surface area contributed by atoms with Crippen molar-refractivity contribution >= 4 is 81.8 Å². The predicted molar refractivity (Wildman–Crippen MR) is 264 cm³/mol. The molecule has 21 nitrogen and oxygen atoms in total. The average molecular weight is 1020 g/mol. The molecule has 3 N–H and O–H groups in total. The number of hydrogen-bond acceptors (Lipinski definition) is 18. The molecule has 0 bridgehead atoms. The summed E-state index contributed by atoms with van der Waals surface area (Å²) in [6.07, 6.45) is 1.43. The van der Waals surface area contributed by atoms with Gasteiger partial charge in [-0.2, -0.15) is 71.0 Å². The molecule has 24 heteroatoms. The van der Waals surface area contributed by atoms with Crippen LogP contribution in [0.15, 0.2) is 196 Å². The van der Waals surface area contributed by atoms with Crippen molar-refractivity contribution in [3.05, 3.63) is 168 Å². The highest BCUT2D eigenvalue weighted by atomic mass is 32.2. The second-order valence-corrected chi connectivity index (χ2v) is 19.9. The van der Waals surface area contributed by atoms with Gasteiger partial charge < -0.3 is 4.90 Å². The summed E-state index contributed by atoms with van der Waals surface area (Å²) in [6.45, 7) is 2.74. The molecule has 0 saturated heterocycles. The number of aromatic nitrogens is 3. The Morgan fingerprint density at radius 2 is 0.887 bits per heavy atom. The first-order valence-corrected chi connectivity index (χ1v) is 26.1. The summed E-state index contributed by atoms with van der Waals surface area (Å²) >= 11 is 0. The highest BCUT2D eigenvalue weighted by molar-refractivity contribution is 7.86. The molecule has 0 saturated carbocycles. The maximum absolute atomic E-state index is 12.3. The van der Waals surface area contributed by atoms with Crippen LogP contribution in [0.25, 0.3) is 0 Å². The van der Waals surface area contributed by atoms with Crippen molar-refractivity contribution in [3.63, 3.8) is 0 Å². The summed E-state index contributed by atoms with van der Waals surface area (Å²) in [4.78, 5) is 15.5. The van der Waals surface area contributed by atoms with Crippen LogP contribution in [-0.2, 0) is 43.2 Å². The molecule has 0 atom stereocenters. The van der Waals surface area contributed by atoms with Gasteiger partial charge in [-0.05, 0) is 127 Å². The fraction of sp³-hybridized carbons (Fsp3) is 0.170. The first-order chi connectivity index (χ1) is 34.0. The lowest BCUT2D eigenvalue weighted by molar-refractivity contribution is 0.479. The molecule has 364 valence electrons. The van der Waals surface area contributed by atoms with Crippen LogP contribution in [0, 0.1) is 0 Å². The number of anilines is 1. The number of nitrogens with zero attached hydrogens (tertiary/aromatic N) is 12. The zero-order chi connectivity index (χ0) is 50.4. The molecule has 0 unspecified atom stereocenters. The van der Waals surface area contributed by atoms with Crippen molar-refractivity contribution < 1.29 is 38.9 Å². The molecular weight excluding hydrogens is 973 g/mol. The van der Waals surface area contributed by atoms with Crippen molar-refractivity contribution in [2.45, 2.75) is 42.4 Å². The van der Waals surface area contributed by atoms with Crippen LogP contribution in [0.1, 0.15) is 42.5 Å². The van der Waals surface area contributed by atoms with E-state index >= 15 is 0 Å². The van der Waals surface area contributed by atoms with Gasteiger partial charge in [0.2, 0.25) is 5.95 Å². The number of hydrogen-bond donors (Lipinski definition) is 3. The van der Waals surface area contributed by atoms with Crippen molar-refractivity contribution in [1.82, 2.24) is 15.0 Å². The Labute approximate surface area is 409 Å². The minimum Gasteiger partial charge on any atom is -0.341 e. The van der Waals surface area contributed by atoms with E-state index in [-0.39, 0.29) is 35.7 Å². The van der Waals surface area contributed by atoms with Crippen LogP contribution in [0.3, 0.4) is 0 Å². The Bertz CT molecular complexity index is 3420. The largest absolute Gasteiger partial charge is 0.341 e. The molecule has 0 spiro atoms. The lowest BCUT2D eigenvalue weighted by atomic mass is 10.1. The summed E-state index contributed by atoms with van der Waals surface area (Å²) in [6, 6.07) is 39.2. The maximum Gasteiger partial charge on any atom is 0.296 e. The van der Waals surface area contributed by atoms with Crippen LogP contribution in [-0.4, -0.2) is 72.7 Å². The van der Waals surface area contributed by atoms with E-state index in [1.807, 2.05) is 30.0 Å². The lowest BCUT2D eigenvalue weighted by Gasteiger charge is -2.22. The summed E-state index contributed by atoms with van der Waals surface area (Å²) < 4.78 is 98.7. The van der Waals surface area contributed by atoms with E-state index in [4.69, 9.17) is 19.5 Å². The zero-order valence-electron chi connectivity index (χ0n) is 37.7. The van der Waals surface area contributed by atoms with E-state index in [1.54, 1.807) is 84.9 Å². The van der Waals surface area contributed by atoms with Gasteiger partial charge in [0.05, 0.1) is 50.5 Å².